The molecule has 1 saturated carbocycles. The molecule has 5 rings (SSSR count). The number of anilines is 1. The van der Waals surface area contributed by atoms with Gasteiger partial charge in [-0.1, -0.05) is 38.1 Å². The molecule has 0 radical (unpaired) electrons. The molecule has 2 aliphatic heterocycles. The Morgan fingerprint density at radius 3 is 2.34 bits per heavy atom. The summed E-state index contributed by atoms with van der Waals surface area (Å²) in [5.74, 6) is 0.230. The van der Waals surface area contributed by atoms with E-state index in [1.807, 2.05) is 24.3 Å². The normalized spacial score (nSPS) is 23.6. The van der Waals surface area contributed by atoms with Crippen molar-refractivity contribution in [1.29, 1.82) is 0 Å². The van der Waals surface area contributed by atoms with Crippen LogP contribution >= 0.6 is 0 Å². The third-order valence-corrected chi connectivity index (χ3v) is 8.42. The van der Waals surface area contributed by atoms with Gasteiger partial charge in [0.2, 0.25) is 5.91 Å². The van der Waals surface area contributed by atoms with Gasteiger partial charge in [-0.2, -0.15) is 0 Å². The largest absolute Gasteiger partial charge is 0.371 e. The number of benzene rings is 2. The quantitative estimate of drug-likeness (QED) is 0.680. The van der Waals surface area contributed by atoms with Crippen molar-refractivity contribution in [2.45, 2.75) is 70.4 Å². The van der Waals surface area contributed by atoms with E-state index in [9.17, 15) is 4.79 Å². The van der Waals surface area contributed by atoms with Crippen LogP contribution in [0.15, 0.2) is 48.5 Å². The maximum atomic E-state index is 11.3. The Balaban J connectivity index is 1.20. The second-order valence-electron chi connectivity index (χ2n) is 10.6. The van der Waals surface area contributed by atoms with Gasteiger partial charge in [0.1, 0.15) is 0 Å². The Labute approximate surface area is 192 Å². The van der Waals surface area contributed by atoms with E-state index in [2.05, 4.69) is 47.9 Å². The molecule has 32 heavy (non-hydrogen) atoms. The first-order chi connectivity index (χ1) is 15.5. The second kappa shape index (κ2) is 8.55. The molecule has 2 N–H and O–H groups in total. The Kier molecular flexibility index (Phi) is 5.75. The molecular weight excluding hydrogens is 394 g/mol. The van der Waals surface area contributed by atoms with Crippen LogP contribution in [-0.2, 0) is 0 Å². The summed E-state index contributed by atoms with van der Waals surface area (Å²) in [6.45, 7) is 8.14. The van der Waals surface area contributed by atoms with Gasteiger partial charge in [-0.15, -0.1) is 0 Å². The Hall–Kier alpha value is -2.33. The molecule has 1 amide bonds. The van der Waals surface area contributed by atoms with Gasteiger partial charge in [-0.05, 0) is 91.8 Å². The fourth-order valence-electron chi connectivity index (χ4n) is 6.56. The number of nitrogens with two attached hydrogens (primary N) is 1. The Morgan fingerprint density at radius 2 is 1.69 bits per heavy atom. The molecule has 2 aromatic carbocycles. The third-order valence-electron chi connectivity index (χ3n) is 8.42. The van der Waals surface area contributed by atoms with Crippen molar-refractivity contribution in [3.63, 3.8) is 0 Å². The van der Waals surface area contributed by atoms with Gasteiger partial charge in [0.05, 0.1) is 0 Å². The molecule has 0 bridgehead atoms. The van der Waals surface area contributed by atoms with Gasteiger partial charge in [-0.25, -0.2) is 0 Å². The smallest absolute Gasteiger partial charge is 0.248 e. The maximum absolute atomic E-state index is 11.3. The van der Waals surface area contributed by atoms with Crippen molar-refractivity contribution in [3.05, 3.63) is 65.2 Å². The number of carbonyl (C=O) groups is 1. The highest BCUT2D eigenvalue weighted by molar-refractivity contribution is 5.93. The van der Waals surface area contributed by atoms with Crippen molar-refractivity contribution in [2.24, 2.45) is 11.1 Å². The van der Waals surface area contributed by atoms with Gasteiger partial charge < -0.3 is 10.6 Å². The number of likely N-dealkylation sites (tertiary alicyclic amines) is 1. The van der Waals surface area contributed by atoms with Crippen molar-refractivity contribution in [1.82, 2.24) is 4.90 Å². The minimum Gasteiger partial charge on any atom is -0.371 e. The summed E-state index contributed by atoms with van der Waals surface area (Å²) in [7, 11) is 0. The van der Waals surface area contributed by atoms with Crippen LogP contribution in [0.2, 0.25) is 0 Å². The molecule has 1 spiro atoms. The molecule has 2 saturated heterocycles. The van der Waals surface area contributed by atoms with Crippen molar-refractivity contribution in [2.75, 3.05) is 24.5 Å². The average molecular weight is 432 g/mol. The van der Waals surface area contributed by atoms with E-state index >= 15 is 0 Å². The van der Waals surface area contributed by atoms with Crippen LogP contribution in [0.1, 0.15) is 85.8 Å². The number of primary amides is 1. The minimum atomic E-state index is -0.356. The lowest BCUT2D eigenvalue weighted by Gasteiger charge is -2.56. The molecule has 1 atom stereocenters. The zero-order valence-corrected chi connectivity index (χ0v) is 19.6. The number of hydrogen-bond donors (Lipinski definition) is 1. The first kappa shape index (κ1) is 21.5. The SMILES string of the molecule is CC(C)c1ccccc1[C@H]1CCCN1C1CC2(CCN(c3ccc(C(N)=O)cc3)CC2)C1. The lowest BCUT2D eigenvalue weighted by molar-refractivity contribution is -0.0227. The van der Waals surface area contributed by atoms with Crippen LogP contribution in [-0.4, -0.2) is 36.5 Å². The fourth-order valence-corrected chi connectivity index (χ4v) is 6.56. The van der Waals surface area contributed by atoms with Crippen molar-refractivity contribution in [3.8, 4) is 0 Å². The molecule has 4 nitrogen and oxygen atoms in total. The highest BCUT2D eigenvalue weighted by Crippen LogP contribution is 2.54. The van der Waals surface area contributed by atoms with Gasteiger partial charge >= 0.3 is 0 Å². The van der Waals surface area contributed by atoms with Gasteiger partial charge in [0, 0.05) is 36.4 Å². The highest BCUT2D eigenvalue weighted by Gasteiger charge is 2.49. The summed E-state index contributed by atoms with van der Waals surface area (Å²) in [4.78, 5) is 16.7. The molecular formula is C28H37N3O. The lowest BCUT2D eigenvalue weighted by atomic mass is 9.59. The summed E-state index contributed by atoms with van der Waals surface area (Å²) in [6.07, 6.45) is 7.92. The molecule has 3 fully saturated rings. The number of amides is 1. The minimum absolute atomic E-state index is 0.356. The van der Waals surface area contributed by atoms with Gasteiger partial charge in [0.25, 0.3) is 0 Å². The van der Waals surface area contributed by atoms with Crippen molar-refractivity contribution < 1.29 is 4.79 Å². The first-order valence-electron chi connectivity index (χ1n) is 12.5. The van der Waals surface area contributed by atoms with E-state index in [0.29, 0.717) is 22.9 Å². The molecule has 2 aromatic rings. The zero-order chi connectivity index (χ0) is 22.3. The van der Waals surface area contributed by atoms with Crippen LogP contribution in [0, 0.1) is 5.41 Å². The predicted molar refractivity (Wildman–Crippen MR) is 131 cm³/mol. The average Bonchev–Trinajstić information content (AvgIpc) is 3.27. The topological polar surface area (TPSA) is 49.6 Å². The predicted octanol–water partition coefficient (Wildman–Crippen LogP) is 5.50. The monoisotopic (exact) mass is 431 g/mol. The van der Waals surface area contributed by atoms with E-state index < -0.39 is 0 Å². The molecule has 3 aliphatic rings. The lowest BCUT2D eigenvalue weighted by Crippen LogP contribution is -2.54. The summed E-state index contributed by atoms with van der Waals surface area (Å²) in [5, 5.41) is 0. The standard InChI is InChI=1S/C28H37N3O/c1-20(2)24-6-3-4-7-25(24)26-8-5-15-31(26)23-18-28(19-23)13-16-30(17-14-28)22-11-9-21(10-12-22)27(29)32/h3-4,6-7,9-12,20,23,26H,5,8,13-19H2,1-2H3,(H2,29,32)/t26-/m1/s1. The highest BCUT2D eigenvalue weighted by atomic mass is 16.1. The van der Waals surface area contributed by atoms with Crippen molar-refractivity contribution >= 4 is 11.6 Å². The number of piperidine rings is 1. The summed E-state index contributed by atoms with van der Waals surface area (Å²) in [6, 6.07) is 18.3. The van der Waals surface area contributed by atoms with Crippen LogP contribution in [0.4, 0.5) is 5.69 Å². The Bertz CT molecular complexity index is 951. The Morgan fingerprint density at radius 1 is 1.00 bits per heavy atom. The number of hydrogen-bond acceptors (Lipinski definition) is 3. The third kappa shape index (κ3) is 3.94. The fraction of sp³-hybridized carbons (Fsp3) is 0.536. The van der Waals surface area contributed by atoms with E-state index in [0.717, 1.165) is 19.1 Å². The number of nitrogens with zero attached hydrogens (tertiary/aromatic N) is 2. The summed E-state index contributed by atoms with van der Waals surface area (Å²) < 4.78 is 0. The second-order valence-corrected chi connectivity index (χ2v) is 10.6. The van der Waals surface area contributed by atoms with E-state index in [4.69, 9.17) is 5.73 Å². The molecule has 4 heteroatoms. The molecule has 0 aromatic heterocycles. The molecule has 1 aliphatic carbocycles. The van der Waals surface area contributed by atoms with Gasteiger partial charge in [-0.3, -0.25) is 9.69 Å². The van der Waals surface area contributed by atoms with Crippen LogP contribution in [0.3, 0.4) is 0 Å². The molecule has 0 unspecified atom stereocenters. The van der Waals surface area contributed by atoms with Gasteiger partial charge in [0.15, 0.2) is 0 Å². The maximum Gasteiger partial charge on any atom is 0.248 e. The van der Waals surface area contributed by atoms with Crippen LogP contribution in [0.5, 0.6) is 0 Å². The number of carbonyl (C=O) groups excluding carboxylic acids is 1. The van der Waals surface area contributed by atoms with E-state index in [1.54, 1.807) is 5.56 Å². The number of rotatable bonds is 5. The summed E-state index contributed by atoms with van der Waals surface area (Å²) >= 11 is 0. The van der Waals surface area contributed by atoms with E-state index in [1.165, 1.54) is 56.3 Å². The van der Waals surface area contributed by atoms with Crippen LogP contribution in [0.25, 0.3) is 0 Å². The first-order valence-corrected chi connectivity index (χ1v) is 12.5. The van der Waals surface area contributed by atoms with E-state index in [-0.39, 0.29) is 5.91 Å². The molecule has 2 heterocycles. The zero-order valence-electron chi connectivity index (χ0n) is 19.6. The summed E-state index contributed by atoms with van der Waals surface area (Å²) in [5.41, 5.74) is 10.8. The van der Waals surface area contributed by atoms with Crippen LogP contribution < -0.4 is 10.6 Å². The molecule has 170 valence electrons.